The summed E-state index contributed by atoms with van der Waals surface area (Å²) in [5.74, 6) is 0.259. The summed E-state index contributed by atoms with van der Waals surface area (Å²) in [6.45, 7) is 3.27. The Labute approximate surface area is 151 Å². The van der Waals surface area contributed by atoms with Crippen molar-refractivity contribution >= 4 is 23.3 Å². The van der Waals surface area contributed by atoms with Crippen molar-refractivity contribution in [2.45, 2.75) is 25.8 Å². The summed E-state index contributed by atoms with van der Waals surface area (Å²) >= 11 is 5.77. The predicted molar refractivity (Wildman–Crippen MR) is 94.9 cm³/mol. The lowest BCUT2D eigenvalue weighted by Crippen LogP contribution is -2.44. The Bertz CT molecular complexity index is 740. The van der Waals surface area contributed by atoms with Crippen LogP contribution in [0.15, 0.2) is 36.4 Å². The molecule has 1 saturated heterocycles. The van der Waals surface area contributed by atoms with E-state index >= 15 is 0 Å². The summed E-state index contributed by atoms with van der Waals surface area (Å²) in [7, 11) is 0. The summed E-state index contributed by atoms with van der Waals surface area (Å²) in [5, 5.41) is 11.3. The fourth-order valence-corrected chi connectivity index (χ4v) is 3.17. The summed E-state index contributed by atoms with van der Waals surface area (Å²) in [5.41, 5.74) is 0.754. The molecule has 25 heavy (non-hydrogen) atoms. The zero-order valence-corrected chi connectivity index (χ0v) is 14.7. The van der Waals surface area contributed by atoms with Crippen LogP contribution in [0.25, 0.3) is 0 Å². The highest BCUT2D eigenvalue weighted by Crippen LogP contribution is 2.23. The summed E-state index contributed by atoms with van der Waals surface area (Å²) in [6.07, 6.45) is 1.72. The van der Waals surface area contributed by atoms with Crippen molar-refractivity contribution in [1.82, 2.24) is 15.5 Å². The topological polar surface area (TPSA) is 58.1 Å². The monoisotopic (exact) mass is 362 g/mol. The molecule has 1 fully saturated rings. The lowest BCUT2D eigenvalue weighted by atomic mass is 9.96. The van der Waals surface area contributed by atoms with Crippen molar-refractivity contribution in [3.63, 3.8) is 0 Å². The minimum atomic E-state index is -0.302. The van der Waals surface area contributed by atoms with Crippen molar-refractivity contribution in [3.05, 3.63) is 52.9 Å². The van der Waals surface area contributed by atoms with E-state index in [4.69, 9.17) is 11.6 Å². The van der Waals surface area contributed by atoms with E-state index in [9.17, 15) is 9.18 Å². The quantitative estimate of drug-likeness (QED) is 0.906. The van der Waals surface area contributed by atoms with Crippen LogP contribution in [0.4, 0.5) is 10.2 Å². The average Bonchev–Trinajstić information content (AvgIpc) is 2.62. The van der Waals surface area contributed by atoms with Crippen LogP contribution in [0.1, 0.15) is 31.4 Å². The Balaban J connectivity index is 1.62. The second-order valence-electron chi connectivity index (χ2n) is 6.28. The summed E-state index contributed by atoms with van der Waals surface area (Å²) in [6, 6.07) is 9.56. The van der Waals surface area contributed by atoms with E-state index in [1.54, 1.807) is 12.1 Å². The van der Waals surface area contributed by atoms with Crippen molar-refractivity contribution in [1.29, 1.82) is 0 Å². The van der Waals surface area contributed by atoms with Crippen molar-refractivity contribution < 1.29 is 9.18 Å². The third-order valence-electron chi connectivity index (χ3n) is 4.44. The zero-order valence-electron chi connectivity index (χ0n) is 14.0. The van der Waals surface area contributed by atoms with E-state index in [1.807, 2.05) is 24.0 Å². The molecule has 2 heterocycles. The maximum Gasteiger partial charge on any atom is 0.225 e. The number of carbonyl (C=O) groups is 1. The number of aromatic nitrogens is 2. The van der Waals surface area contributed by atoms with Gasteiger partial charge in [-0.05, 0) is 49.6 Å². The molecule has 1 N–H and O–H groups in total. The first-order valence-corrected chi connectivity index (χ1v) is 8.71. The minimum Gasteiger partial charge on any atom is -0.354 e. The number of halogens is 2. The molecule has 2 aromatic rings. The van der Waals surface area contributed by atoms with Gasteiger partial charge in [-0.3, -0.25) is 4.79 Å². The van der Waals surface area contributed by atoms with Gasteiger partial charge in [0, 0.05) is 13.1 Å². The van der Waals surface area contributed by atoms with Gasteiger partial charge < -0.3 is 10.2 Å². The molecular weight excluding hydrogens is 343 g/mol. The van der Waals surface area contributed by atoms with Gasteiger partial charge in [0.2, 0.25) is 5.91 Å². The number of nitrogens with one attached hydrogen (secondary N) is 1. The van der Waals surface area contributed by atoms with Crippen LogP contribution >= 0.6 is 11.6 Å². The molecule has 0 radical (unpaired) electrons. The molecule has 2 atom stereocenters. The van der Waals surface area contributed by atoms with Gasteiger partial charge >= 0.3 is 0 Å². The number of piperidine rings is 1. The molecule has 1 aliphatic rings. The van der Waals surface area contributed by atoms with Gasteiger partial charge in [-0.2, -0.15) is 0 Å². The van der Waals surface area contributed by atoms with E-state index in [0.29, 0.717) is 11.7 Å². The van der Waals surface area contributed by atoms with Crippen LogP contribution in [-0.4, -0.2) is 29.2 Å². The highest BCUT2D eigenvalue weighted by Gasteiger charge is 2.27. The number of nitrogens with zero attached hydrogens (tertiary/aromatic N) is 3. The van der Waals surface area contributed by atoms with E-state index in [0.717, 1.165) is 30.8 Å². The molecule has 5 nitrogen and oxygen atoms in total. The molecule has 0 unspecified atom stereocenters. The zero-order chi connectivity index (χ0) is 17.8. The Kier molecular flexibility index (Phi) is 5.48. The van der Waals surface area contributed by atoms with Crippen LogP contribution in [0.3, 0.4) is 0 Å². The first-order valence-electron chi connectivity index (χ1n) is 8.33. The minimum absolute atomic E-state index is 0.0246. The third kappa shape index (κ3) is 4.45. The van der Waals surface area contributed by atoms with E-state index in [1.165, 1.54) is 12.1 Å². The standard InChI is InChI=1S/C18H20ClFN4O/c1-12(13-4-2-6-15(20)10-13)21-18(25)14-5-3-9-24(11-14)17-8-7-16(19)22-23-17/h2,4,6-8,10,12,14H,3,5,9,11H2,1H3,(H,21,25)/t12-,14-/m1/s1. The lowest BCUT2D eigenvalue weighted by molar-refractivity contribution is -0.125. The van der Waals surface area contributed by atoms with Gasteiger partial charge in [0.15, 0.2) is 11.0 Å². The molecule has 1 aromatic carbocycles. The number of benzene rings is 1. The summed E-state index contributed by atoms with van der Waals surface area (Å²) in [4.78, 5) is 14.7. The molecule has 0 saturated carbocycles. The molecular formula is C18H20ClFN4O. The van der Waals surface area contributed by atoms with Crippen molar-refractivity contribution in [2.24, 2.45) is 5.92 Å². The number of rotatable bonds is 4. The van der Waals surface area contributed by atoms with Crippen LogP contribution in [-0.2, 0) is 4.79 Å². The highest BCUT2D eigenvalue weighted by atomic mass is 35.5. The molecule has 0 bridgehead atoms. The van der Waals surface area contributed by atoms with Gasteiger partial charge in [0.25, 0.3) is 0 Å². The van der Waals surface area contributed by atoms with Gasteiger partial charge in [0.1, 0.15) is 5.82 Å². The molecule has 132 valence electrons. The first-order chi connectivity index (χ1) is 12.0. The number of amides is 1. The Morgan fingerprint density at radius 1 is 1.36 bits per heavy atom. The smallest absolute Gasteiger partial charge is 0.225 e. The second-order valence-corrected chi connectivity index (χ2v) is 6.67. The lowest BCUT2D eigenvalue weighted by Gasteiger charge is -2.33. The SMILES string of the molecule is C[C@@H](NC(=O)[C@@H]1CCCN(c2ccc(Cl)nn2)C1)c1cccc(F)c1. The van der Waals surface area contributed by atoms with Crippen LogP contribution in [0.2, 0.25) is 5.15 Å². The van der Waals surface area contributed by atoms with Crippen molar-refractivity contribution in [3.8, 4) is 0 Å². The normalized spacial score (nSPS) is 18.7. The molecule has 1 amide bonds. The van der Waals surface area contributed by atoms with Gasteiger partial charge in [-0.1, -0.05) is 23.7 Å². The average molecular weight is 363 g/mol. The molecule has 0 aliphatic carbocycles. The first kappa shape index (κ1) is 17.6. The maximum absolute atomic E-state index is 13.3. The molecule has 0 spiro atoms. The Morgan fingerprint density at radius 2 is 2.20 bits per heavy atom. The van der Waals surface area contributed by atoms with E-state index < -0.39 is 0 Å². The Hall–Kier alpha value is -2.21. The number of hydrogen-bond donors (Lipinski definition) is 1. The van der Waals surface area contributed by atoms with Gasteiger partial charge in [-0.25, -0.2) is 4.39 Å². The highest BCUT2D eigenvalue weighted by molar-refractivity contribution is 6.29. The number of anilines is 1. The fraction of sp³-hybridized carbons (Fsp3) is 0.389. The van der Waals surface area contributed by atoms with Gasteiger partial charge in [-0.15, -0.1) is 10.2 Å². The second kappa shape index (κ2) is 7.78. The molecule has 7 heteroatoms. The van der Waals surface area contributed by atoms with E-state index in [2.05, 4.69) is 15.5 Å². The van der Waals surface area contributed by atoms with Crippen molar-refractivity contribution in [2.75, 3.05) is 18.0 Å². The molecule has 1 aromatic heterocycles. The summed E-state index contributed by atoms with van der Waals surface area (Å²) < 4.78 is 13.3. The van der Waals surface area contributed by atoms with Crippen LogP contribution in [0.5, 0.6) is 0 Å². The van der Waals surface area contributed by atoms with E-state index in [-0.39, 0.29) is 23.7 Å². The maximum atomic E-state index is 13.3. The van der Waals surface area contributed by atoms with Gasteiger partial charge in [0.05, 0.1) is 12.0 Å². The fourth-order valence-electron chi connectivity index (χ4n) is 3.07. The predicted octanol–water partition coefficient (Wildman–Crippen LogP) is 3.36. The van der Waals surface area contributed by atoms with Crippen LogP contribution < -0.4 is 10.2 Å². The Morgan fingerprint density at radius 3 is 2.92 bits per heavy atom. The van der Waals surface area contributed by atoms with Crippen LogP contribution in [0, 0.1) is 11.7 Å². The molecule has 1 aliphatic heterocycles. The number of hydrogen-bond acceptors (Lipinski definition) is 4. The number of carbonyl (C=O) groups excluding carboxylic acids is 1. The molecule has 3 rings (SSSR count). The largest absolute Gasteiger partial charge is 0.354 e. The third-order valence-corrected chi connectivity index (χ3v) is 4.64.